The highest BCUT2D eigenvalue weighted by molar-refractivity contribution is 5.76. The minimum atomic E-state index is -4.32. The fourth-order valence-electron chi connectivity index (χ4n) is 1.39. The van der Waals surface area contributed by atoms with E-state index in [0.717, 1.165) is 11.3 Å². The third kappa shape index (κ3) is 8.97. The number of amides is 1. The number of nitrogens with zero attached hydrogens (tertiary/aromatic N) is 1. The first-order valence-corrected chi connectivity index (χ1v) is 5.96. The molecule has 0 heterocycles. The molecule has 1 amide bonds. The summed E-state index contributed by atoms with van der Waals surface area (Å²) in [5.74, 6) is -0.434. The summed E-state index contributed by atoms with van der Waals surface area (Å²) in [4.78, 5) is 12.5. The van der Waals surface area contributed by atoms with Crippen molar-refractivity contribution in [2.45, 2.75) is 39.3 Å². The molecule has 0 aromatic rings. The molecule has 0 saturated heterocycles. The first kappa shape index (κ1) is 16.2. The van der Waals surface area contributed by atoms with Gasteiger partial charge in [-0.2, -0.15) is 13.2 Å². The van der Waals surface area contributed by atoms with Gasteiger partial charge in [0, 0.05) is 19.5 Å². The lowest BCUT2D eigenvalue weighted by Crippen LogP contribution is -2.40. The summed E-state index contributed by atoms with van der Waals surface area (Å²) in [7, 11) is 0. The Bertz CT molecular complexity index is 219. The summed E-state index contributed by atoms with van der Waals surface area (Å²) in [6.07, 6.45) is -2.83. The quantitative estimate of drug-likeness (QED) is 0.673. The second kappa shape index (κ2) is 8.33. The van der Waals surface area contributed by atoms with Crippen LogP contribution in [-0.4, -0.2) is 43.2 Å². The van der Waals surface area contributed by atoms with E-state index in [1.165, 1.54) is 0 Å². The van der Waals surface area contributed by atoms with Crippen molar-refractivity contribution >= 4 is 5.91 Å². The van der Waals surface area contributed by atoms with E-state index >= 15 is 0 Å². The average Bonchev–Trinajstić information content (AvgIpc) is 2.22. The molecule has 0 rings (SSSR count). The monoisotopic (exact) mass is 254 g/mol. The summed E-state index contributed by atoms with van der Waals surface area (Å²) < 4.78 is 36.8. The van der Waals surface area contributed by atoms with Crippen LogP contribution in [0, 0.1) is 0 Å². The smallest absolute Gasteiger partial charge is 0.334 e. The van der Waals surface area contributed by atoms with Crippen molar-refractivity contribution < 1.29 is 18.0 Å². The lowest BCUT2D eigenvalue weighted by atomic mass is 10.2. The first-order chi connectivity index (χ1) is 7.90. The molecule has 0 aromatic carbocycles. The third-order valence-corrected chi connectivity index (χ3v) is 2.27. The van der Waals surface area contributed by atoms with Gasteiger partial charge < -0.3 is 10.2 Å². The van der Waals surface area contributed by atoms with Gasteiger partial charge >= 0.3 is 6.18 Å². The molecule has 6 heteroatoms. The molecule has 0 bridgehead atoms. The van der Waals surface area contributed by atoms with E-state index in [0.29, 0.717) is 19.5 Å². The molecule has 0 aliphatic rings. The lowest BCUT2D eigenvalue weighted by Gasteiger charge is -2.23. The van der Waals surface area contributed by atoms with Crippen molar-refractivity contribution in [3.8, 4) is 0 Å². The molecule has 0 aliphatic heterocycles. The van der Waals surface area contributed by atoms with Gasteiger partial charge in [0.2, 0.25) is 5.91 Å². The summed E-state index contributed by atoms with van der Waals surface area (Å²) in [5.41, 5.74) is 0. The molecule has 0 atom stereocenters. The van der Waals surface area contributed by atoms with Gasteiger partial charge in [0.05, 0.1) is 0 Å². The number of carbonyl (C=O) groups is 1. The number of carbonyl (C=O) groups excluding carboxylic acids is 1. The van der Waals surface area contributed by atoms with Crippen LogP contribution in [0.15, 0.2) is 0 Å². The van der Waals surface area contributed by atoms with Gasteiger partial charge in [-0.15, -0.1) is 0 Å². The van der Waals surface area contributed by atoms with Crippen molar-refractivity contribution in [2.75, 3.05) is 26.2 Å². The third-order valence-electron chi connectivity index (χ3n) is 2.27. The summed E-state index contributed by atoms with van der Waals surface area (Å²) in [6, 6.07) is 0. The first-order valence-electron chi connectivity index (χ1n) is 5.96. The predicted octanol–water partition coefficient (Wildman–Crippen LogP) is 2.18. The van der Waals surface area contributed by atoms with E-state index in [1.807, 2.05) is 13.8 Å². The number of halogens is 3. The zero-order valence-corrected chi connectivity index (χ0v) is 10.4. The van der Waals surface area contributed by atoms with Crippen molar-refractivity contribution in [1.82, 2.24) is 10.2 Å². The summed E-state index contributed by atoms with van der Waals surface area (Å²) in [5, 5.41) is 2.92. The minimum absolute atomic E-state index is 0.119. The van der Waals surface area contributed by atoms with Crippen LogP contribution in [0.25, 0.3) is 0 Å². The minimum Gasteiger partial charge on any atom is -0.334 e. The van der Waals surface area contributed by atoms with Crippen LogP contribution in [0.1, 0.15) is 33.1 Å². The van der Waals surface area contributed by atoms with Gasteiger partial charge in [0.25, 0.3) is 0 Å². The maximum atomic E-state index is 12.3. The van der Waals surface area contributed by atoms with Gasteiger partial charge in [-0.05, 0) is 13.0 Å². The zero-order valence-electron chi connectivity index (χ0n) is 10.4. The van der Waals surface area contributed by atoms with Gasteiger partial charge in [0.15, 0.2) is 0 Å². The Balaban J connectivity index is 4.19. The second-order valence-corrected chi connectivity index (χ2v) is 3.89. The van der Waals surface area contributed by atoms with Gasteiger partial charge in [-0.25, -0.2) is 0 Å². The van der Waals surface area contributed by atoms with Crippen LogP contribution in [-0.2, 0) is 4.79 Å². The van der Waals surface area contributed by atoms with E-state index in [4.69, 9.17) is 0 Å². The number of unbranched alkanes of at least 4 members (excludes halogenated alkanes) is 1. The van der Waals surface area contributed by atoms with E-state index < -0.39 is 18.6 Å². The Kier molecular flexibility index (Phi) is 7.95. The number of hydrogen-bond acceptors (Lipinski definition) is 2. The molecule has 0 aliphatic carbocycles. The van der Waals surface area contributed by atoms with Gasteiger partial charge in [-0.3, -0.25) is 4.79 Å². The Morgan fingerprint density at radius 3 is 2.41 bits per heavy atom. The lowest BCUT2D eigenvalue weighted by molar-refractivity contribution is -0.161. The largest absolute Gasteiger partial charge is 0.406 e. The number of nitrogens with one attached hydrogen (secondary N) is 1. The summed E-state index contributed by atoms with van der Waals surface area (Å²) in [6.45, 7) is 3.94. The Morgan fingerprint density at radius 1 is 1.29 bits per heavy atom. The van der Waals surface area contributed by atoms with Crippen molar-refractivity contribution in [2.24, 2.45) is 0 Å². The SMILES string of the molecule is CCCCN(CC(F)(F)F)C(=O)CCNCC. The molecule has 1 N–H and O–H groups in total. The van der Waals surface area contributed by atoms with Crippen LogP contribution in [0.5, 0.6) is 0 Å². The van der Waals surface area contributed by atoms with E-state index in [-0.39, 0.29) is 13.0 Å². The van der Waals surface area contributed by atoms with Crippen LogP contribution < -0.4 is 5.32 Å². The zero-order chi connectivity index (χ0) is 13.3. The molecular formula is C11H21F3N2O. The molecular weight excluding hydrogens is 233 g/mol. The van der Waals surface area contributed by atoms with Crippen LogP contribution in [0.3, 0.4) is 0 Å². The normalized spacial score (nSPS) is 11.6. The molecule has 0 fully saturated rings. The molecule has 0 radical (unpaired) electrons. The van der Waals surface area contributed by atoms with Crippen LogP contribution >= 0.6 is 0 Å². The molecule has 17 heavy (non-hydrogen) atoms. The average molecular weight is 254 g/mol. The van der Waals surface area contributed by atoms with E-state index in [1.54, 1.807) is 0 Å². The van der Waals surface area contributed by atoms with Crippen LogP contribution in [0.4, 0.5) is 13.2 Å². The fraction of sp³-hybridized carbons (Fsp3) is 0.909. The number of rotatable bonds is 8. The molecule has 102 valence electrons. The number of hydrogen-bond donors (Lipinski definition) is 1. The molecule has 0 saturated carbocycles. The van der Waals surface area contributed by atoms with Crippen molar-refractivity contribution in [3.05, 3.63) is 0 Å². The highest BCUT2D eigenvalue weighted by Crippen LogP contribution is 2.17. The Labute approximate surface area is 100 Å². The Hall–Kier alpha value is -0.780. The Morgan fingerprint density at radius 2 is 1.94 bits per heavy atom. The predicted molar refractivity (Wildman–Crippen MR) is 60.7 cm³/mol. The topological polar surface area (TPSA) is 32.3 Å². The van der Waals surface area contributed by atoms with Crippen LogP contribution in [0.2, 0.25) is 0 Å². The highest BCUT2D eigenvalue weighted by Gasteiger charge is 2.32. The van der Waals surface area contributed by atoms with Crippen molar-refractivity contribution in [3.63, 3.8) is 0 Å². The van der Waals surface area contributed by atoms with E-state index in [2.05, 4.69) is 5.32 Å². The molecule has 0 unspecified atom stereocenters. The fourth-order valence-corrected chi connectivity index (χ4v) is 1.39. The van der Waals surface area contributed by atoms with Gasteiger partial charge in [0.1, 0.15) is 6.54 Å². The molecule has 0 spiro atoms. The maximum Gasteiger partial charge on any atom is 0.406 e. The van der Waals surface area contributed by atoms with Gasteiger partial charge in [-0.1, -0.05) is 20.3 Å². The maximum absolute atomic E-state index is 12.3. The molecule has 3 nitrogen and oxygen atoms in total. The molecule has 0 aromatic heterocycles. The van der Waals surface area contributed by atoms with Crippen molar-refractivity contribution in [1.29, 1.82) is 0 Å². The summed E-state index contributed by atoms with van der Waals surface area (Å²) >= 11 is 0. The second-order valence-electron chi connectivity index (χ2n) is 3.89. The standard InChI is InChI=1S/C11H21F3N2O/c1-3-5-8-16(9-11(12,13)14)10(17)6-7-15-4-2/h15H,3-9H2,1-2H3. The highest BCUT2D eigenvalue weighted by atomic mass is 19.4. The van der Waals surface area contributed by atoms with E-state index in [9.17, 15) is 18.0 Å². The number of alkyl halides is 3.